The van der Waals surface area contributed by atoms with Crippen molar-refractivity contribution in [2.24, 2.45) is 21.5 Å². The van der Waals surface area contributed by atoms with E-state index < -0.39 is 58.8 Å². The molecule has 0 radical (unpaired) electrons. The summed E-state index contributed by atoms with van der Waals surface area (Å²) in [5.74, 6) is -6.08. The van der Waals surface area contributed by atoms with E-state index in [1.54, 1.807) is 0 Å². The van der Waals surface area contributed by atoms with Gasteiger partial charge in [0.15, 0.2) is 5.54 Å². The van der Waals surface area contributed by atoms with E-state index in [2.05, 4.69) is 15.3 Å². The van der Waals surface area contributed by atoms with Crippen molar-refractivity contribution in [1.29, 1.82) is 0 Å². The van der Waals surface area contributed by atoms with Crippen molar-refractivity contribution in [2.75, 3.05) is 25.1 Å². The first-order valence-electron chi connectivity index (χ1n) is 8.79. The molecule has 2 rings (SSSR count). The Morgan fingerprint density at radius 2 is 2.06 bits per heavy atom. The van der Waals surface area contributed by atoms with Crippen molar-refractivity contribution in [2.45, 2.75) is 24.6 Å². The first-order valence-corrected chi connectivity index (χ1v) is 9.17. The van der Waals surface area contributed by atoms with Crippen molar-refractivity contribution < 1.29 is 35.9 Å². The quantitative estimate of drug-likeness (QED) is 0.338. The Bertz CT molecular complexity index is 979. The van der Waals surface area contributed by atoms with E-state index in [4.69, 9.17) is 27.8 Å². The number of allylic oxidation sites excluding steroid dienone is 1. The van der Waals surface area contributed by atoms with Gasteiger partial charge in [-0.2, -0.15) is 13.2 Å². The second-order valence-electron chi connectivity index (χ2n) is 6.87. The van der Waals surface area contributed by atoms with Crippen LogP contribution in [0.5, 0.6) is 0 Å². The second kappa shape index (κ2) is 9.36. The number of carbonyl (C=O) groups is 1. The van der Waals surface area contributed by atoms with Gasteiger partial charge in [0, 0.05) is 17.5 Å². The minimum atomic E-state index is -4.58. The van der Waals surface area contributed by atoms with Gasteiger partial charge in [0.05, 0.1) is 5.03 Å². The van der Waals surface area contributed by atoms with E-state index in [0.717, 1.165) is 25.1 Å². The highest BCUT2D eigenvalue weighted by atomic mass is 35.5. The number of nitrogens with two attached hydrogens (primary N) is 2. The normalized spacial score (nSPS) is 22.2. The van der Waals surface area contributed by atoms with Gasteiger partial charge >= 0.3 is 6.18 Å². The molecule has 0 aliphatic carbocycles. The third-order valence-electron chi connectivity index (χ3n) is 4.34. The van der Waals surface area contributed by atoms with E-state index in [9.17, 15) is 31.1 Å². The predicted molar refractivity (Wildman–Crippen MR) is 106 cm³/mol. The Morgan fingerprint density at radius 1 is 1.41 bits per heavy atom. The van der Waals surface area contributed by atoms with Crippen LogP contribution in [0.4, 0.5) is 32.0 Å². The van der Waals surface area contributed by atoms with Crippen LogP contribution in [0.3, 0.4) is 0 Å². The van der Waals surface area contributed by atoms with E-state index in [0.29, 0.717) is 6.21 Å². The maximum atomic E-state index is 14.7. The third-order valence-corrected chi connectivity index (χ3v) is 4.64. The predicted octanol–water partition coefficient (Wildman–Crippen LogP) is 3.04. The highest BCUT2D eigenvalue weighted by Gasteiger charge is 2.54. The van der Waals surface area contributed by atoms with Gasteiger partial charge in [-0.1, -0.05) is 11.6 Å². The molecule has 0 saturated heterocycles. The fourth-order valence-corrected chi connectivity index (χ4v) is 2.82. The molecule has 14 heteroatoms. The fraction of sp³-hybridized carbons (Fsp3) is 0.389. The van der Waals surface area contributed by atoms with Gasteiger partial charge in [0.2, 0.25) is 0 Å². The number of nitrogens with zero attached hydrogens (tertiary/aromatic N) is 2. The van der Waals surface area contributed by atoms with Crippen molar-refractivity contribution in [1.82, 2.24) is 0 Å². The molecule has 1 amide bonds. The number of alkyl halides is 5. The molecule has 32 heavy (non-hydrogen) atoms. The zero-order valence-electron chi connectivity index (χ0n) is 16.4. The van der Waals surface area contributed by atoms with Crippen LogP contribution in [0.25, 0.3) is 0 Å². The SMILES string of the molecule is C[C@]1(c2cc(NC(=O)C(N)=C(Cl)C=NCC(F)(F)F)ccc2F)N=C(N)COCC1(F)F. The molecule has 1 atom stereocenters. The summed E-state index contributed by atoms with van der Waals surface area (Å²) in [7, 11) is 0. The molecular weight excluding hydrogens is 468 g/mol. The average Bonchev–Trinajstić information content (AvgIpc) is 2.76. The van der Waals surface area contributed by atoms with Gasteiger partial charge in [-0.3, -0.25) is 14.8 Å². The van der Waals surface area contributed by atoms with Crippen LogP contribution in [-0.4, -0.2) is 49.8 Å². The number of benzene rings is 1. The lowest BCUT2D eigenvalue weighted by Gasteiger charge is -2.33. The Balaban J connectivity index is 2.34. The molecule has 0 unspecified atom stereocenters. The third kappa shape index (κ3) is 5.91. The minimum absolute atomic E-state index is 0.165. The molecule has 7 nitrogen and oxygen atoms in total. The van der Waals surface area contributed by atoms with Crippen LogP contribution in [0.15, 0.2) is 38.9 Å². The summed E-state index contributed by atoms with van der Waals surface area (Å²) in [6.07, 6.45) is -4.03. The number of hydrogen-bond donors (Lipinski definition) is 3. The average molecular weight is 486 g/mol. The van der Waals surface area contributed by atoms with E-state index in [1.807, 2.05) is 0 Å². The first-order chi connectivity index (χ1) is 14.7. The lowest BCUT2D eigenvalue weighted by molar-refractivity contribution is -0.118. The highest BCUT2D eigenvalue weighted by molar-refractivity contribution is 6.41. The molecule has 0 fully saturated rings. The van der Waals surface area contributed by atoms with Crippen LogP contribution in [-0.2, 0) is 15.1 Å². The summed E-state index contributed by atoms with van der Waals surface area (Å²) >= 11 is 5.67. The van der Waals surface area contributed by atoms with Gasteiger partial charge < -0.3 is 21.5 Å². The van der Waals surface area contributed by atoms with Crippen molar-refractivity contribution in [3.05, 3.63) is 40.3 Å². The number of aliphatic imine (C=N–C) groups is 2. The number of halogens is 7. The molecule has 0 aromatic heterocycles. The zero-order valence-corrected chi connectivity index (χ0v) is 17.2. The second-order valence-corrected chi connectivity index (χ2v) is 7.28. The molecule has 1 aromatic carbocycles. The fourth-order valence-electron chi connectivity index (χ4n) is 2.66. The summed E-state index contributed by atoms with van der Waals surface area (Å²) < 4.78 is 85.0. The monoisotopic (exact) mass is 485 g/mol. The zero-order chi connectivity index (χ0) is 24.3. The van der Waals surface area contributed by atoms with Gasteiger partial charge in [-0.15, -0.1) is 0 Å². The van der Waals surface area contributed by atoms with Crippen molar-refractivity contribution >= 4 is 35.2 Å². The maximum absolute atomic E-state index is 14.7. The van der Waals surface area contributed by atoms with Crippen LogP contribution in [0, 0.1) is 5.82 Å². The lowest BCUT2D eigenvalue weighted by atomic mass is 9.85. The number of carbonyl (C=O) groups excluding carboxylic acids is 1. The number of nitrogens with one attached hydrogen (secondary N) is 1. The molecule has 1 aliphatic rings. The molecule has 0 bridgehead atoms. The van der Waals surface area contributed by atoms with Crippen molar-refractivity contribution in [3.8, 4) is 0 Å². The number of rotatable bonds is 5. The summed E-state index contributed by atoms with van der Waals surface area (Å²) in [4.78, 5) is 19.0. The van der Waals surface area contributed by atoms with Gasteiger partial charge in [0.1, 0.15) is 37.1 Å². The molecule has 0 spiro atoms. The topological polar surface area (TPSA) is 115 Å². The van der Waals surface area contributed by atoms with E-state index in [-0.39, 0.29) is 18.1 Å². The largest absolute Gasteiger partial charge is 0.407 e. The number of amides is 1. The van der Waals surface area contributed by atoms with Gasteiger partial charge in [-0.05, 0) is 25.1 Å². The highest BCUT2D eigenvalue weighted by Crippen LogP contribution is 2.44. The Kier molecular flexibility index (Phi) is 7.45. The summed E-state index contributed by atoms with van der Waals surface area (Å²) in [6.45, 7) is -2.04. The van der Waals surface area contributed by atoms with Gasteiger partial charge in [0.25, 0.3) is 11.8 Å². The Morgan fingerprint density at radius 3 is 2.69 bits per heavy atom. The summed E-state index contributed by atoms with van der Waals surface area (Å²) in [5.41, 5.74) is 7.13. The Labute approximate surface area is 183 Å². The van der Waals surface area contributed by atoms with E-state index >= 15 is 0 Å². The van der Waals surface area contributed by atoms with Gasteiger partial charge in [-0.25, -0.2) is 13.2 Å². The van der Waals surface area contributed by atoms with E-state index in [1.165, 1.54) is 0 Å². The number of anilines is 1. The molecule has 0 saturated carbocycles. The molecule has 5 N–H and O–H groups in total. The van der Waals surface area contributed by atoms with Crippen molar-refractivity contribution in [3.63, 3.8) is 0 Å². The standard InChI is InChI=1S/C18H18ClF6N5O2/c1-16(17(21,22)8-32-6-13(26)30-16)10-4-9(2-3-12(10)20)29-15(31)14(27)11(19)5-28-7-18(23,24)25/h2-5H,6-8,27H2,1H3,(H2,26,30)(H,29,31)/t16-/m1/s1. The van der Waals surface area contributed by atoms with Crippen LogP contribution >= 0.6 is 11.6 Å². The smallest absolute Gasteiger partial charge is 0.393 e. The number of amidine groups is 1. The summed E-state index contributed by atoms with van der Waals surface area (Å²) in [5, 5.41) is 1.60. The summed E-state index contributed by atoms with van der Waals surface area (Å²) in [6, 6.07) is 2.77. The van der Waals surface area contributed by atoms with Crippen LogP contribution < -0.4 is 16.8 Å². The Hall–Kier alpha value is -2.80. The minimum Gasteiger partial charge on any atom is -0.393 e. The molecule has 1 aliphatic heterocycles. The number of hydrogen-bond acceptors (Lipinski definition) is 6. The first kappa shape index (κ1) is 25.5. The van der Waals surface area contributed by atoms with Crippen LogP contribution in [0.1, 0.15) is 12.5 Å². The number of ether oxygens (including phenoxy) is 1. The molecule has 1 aromatic rings. The molecule has 1 heterocycles. The molecular formula is C18H18ClF6N5O2. The molecule has 176 valence electrons. The maximum Gasteiger partial charge on any atom is 0.407 e. The lowest BCUT2D eigenvalue weighted by Crippen LogP contribution is -2.45. The van der Waals surface area contributed by atoms with Crippen LogP contribution in [0.2, 0.25) is 0 Å².